The molecular formula is C8H14BrN3. The summed E-state index contributed by atoms with van der Waals surface area (Å²) in [5, 5.41) is 0. The van der Waals surface area contributed by atoms with E-state index in [0.717, 1.165) is 18.7 Å². The third-order valence-electron chi connectivity index (χ3n) is 1.55. The van der Waals surface area contributed by atoms with Crippen molar-refractivity contribution < 1.29 is 0 Å². The van der Waals surface area contributed by atoms with Crippen LogP contribution in [0.4, 0.5) is 0 Å². The standard InChI is InChI=1S/C8H13N3.BrH/c1-2-11-7-6-10-8(11)4-3-5-9;/h2,6-7H,1,3-5,9H2;1H. The van der Waals surface area contributed by atoms with Crippen LogP contribution in [0.1, 0.15) is 12.2 Å². The fourth-order valence-electron chi connectivity index (χ4n) is 0.964. The van der Waals surface area contributed by atoms with Crippen LogP contribution in [0, 0.1) is 0 Å². The number of nitrogens with two attached hydrogens (primary N) is 1. The molecule has 0 aliphatic carbocycles. The maximum Gasteiger partial charge on any atom is 0.112 e. The number of nitrogens with zero attached hydrogens (tertiary/aromatic N) is 2. The SMILES string of the molecule is Br.C=Cn1ccnc1CCCN. The van der Waals surface area contributed by atoms with Crippen LogP contribution in [0.2, 0.25) is 0 Å². The average molecular weight is 232 g/mol. The molecular weight excluding hydrogens is 218 g/mol. The molecule has 68 valence electrons. The van der Waals surface area contributed by atoms with Crippen molar-refractivity contribution >= 4 is 23.2 Å². The Balaban J connectivity index is 0.00000121. The van der Waals surface area contributed by atoms with Crippen LogP contribution in [0.5, 0.6) is 0 Å². The van der Waals surface area contributed by atoms with Gasteiger partial charge in [-0.1, -0.05) is 6.58 Å². The molecule has 1 aromatic heterocycles. The second-order valence-corrected chi connectivity index (χ2v) is 2.33. The van der Waals surface area contributed by atoms with Crippen molar-refractivity contribution in [3.8, 4) is 0 Å². The lowest BCUT2D eigenvalue weighted by Gasteiger charge is -1.99. The summed E-state index contributed by atoms with van der Waals surface area (Å²) >= 11 is 0. The Hall–Kier alpha value is -0.610. The highest BCUT2D eigenvalue weighted by molar-refractivity contribution is 8.93. The fourth-order valence-corrected chi connectivity index (χ4v) is 0.964. The normalized spacial score (nSPS) is 9.08. The molecule has 2 N–H and O–H groups in total. The van der Waals surface area contributed by atoms with Gasteiger partial charge in [0.1, 0.15) is 5.82 Å². The van der Waals surface area contributed by atoms with Crippen LogP contribution in [0.3, 0.4) is 0 Å². The fraction of sp³-hybridized carbons (Fsp3) is 0.375. The molecule has 0 aliphatic rings. The summed E-state index contributed by atoms with van der Waals surface area (Å²) in [4.78, 5) is 4.16. The lowest BCUT2D eigenvalue weighted by Crippen LogP contribution is -2.03. The van der Waals surface area contributed by atoms with Gasteiger partial charge in [0, 0.05) is 25.0 Å². The zero-order valence-electron chi connectivity index (χ0n) is 6.94. The number of halogens is 1. The van der Waals surface area contributed by atoms with Crippen molar-refractivity contribution in [2.24, 2.45) is 5.73 Å². The molecule has 0 unspecified atom stereocenters. The maximum absolute atomic E-state index is 5.37. The third-order valence-corrected chi connectivity index (χ3v) is 1.55. The monoisotopic (exact) mass is 231 g/mol. The smallest absolute Gasteiger partial charge is 0.112 e. The first-order valence-corrected chi connectivity index (χ1v) is 3.73. The second kappa shape index (κ2) is 5.97. The molecule has 0 radical (unpaired) electrons. The van der Waals surface area contributed by atoms with Crippen LogP contribution >= 0.6 is 17.0 Å². The van der Waals surface area contributed by atoms with E-state index in [9.17, 15) is 0 Å². The van der Waals surface area contributed by atoms with Crippen LogP contribution in [0.25, 0.3) is 6.20 Å². The average Bonchev–Trinajstić information content (AvgIpc) is 2.47. The predicted molar refractivity (Wildman–Crippen MR) is 56.3 cm³/mol. The zero-order valence-corrected chi connectivity index (χ0v) is 8.65. The molecule has 3 nitrogen and oxygen atoms in total. The lowest BCUT2D eigenvalue weighted by atomic mass is 10.3. The number of hydrogen-bond donors (Lipinski definition) is 1. The van der Waals surface area contributed by atoms with Crippen molar-refractivity contribution in [3.05, 3.63) is 24.8 Å². The highest BCUT2D eigenvalue weighted by atomic mass is 79.9. The van der Waals surface area contributed by atoms with Gasteiger partial charge in [-0.15, -0.1) is 17.0 Å². The van der Waals surface area contributed by atoms with Crippen LogP contribution in [-0.4, -0.2) is 16.1 Å². The maximum atomic E-state index is 5.37. The molecule has 0 bridgehead atoms. The molecule has 0 saturated carbocycles. The summed E-state index contributed by atoms with van der Waals surface area (Å²) in [5.41, 5.74) is 5.37. The Kier molecular flexibility index (Phi) is 5.66. The van der Waals surface area contributed by atoms with E-state index in [1.165, 1.54) is 0 Å². The first-order chi connectivity index (χ1) is 5.38. The van der Waals surface area contributed by atoms with E-state index in [4.69, 9.17) is 5.73 Å². The highest BCUT2D eigenvalue weighted by Gasteiger charge is 1.97. The van der Waals surface area contributed by atoms with Crippen LogP contribution in [0.15, 0.2) is 19.0 Å². The van der Waals surface area contributed by atoms with Gasteiger partial charge in [-0.25, -0.2) is 4.98 Å². The zero-order chi connectivity index (χ0) is 8.10. The molecule has 0 aromatic carbocycles. The molecule has 0 spiro atoms. The van der Waals surface area contributed by atoms with Gasteiger partial charge in [-0.05, 0) is 13.0 Å². The largest absolute Gasteiger partial charge is 0.330 e. The molecule has 0 amide bonds. The molecule has 1 heterocycles. The van der Waals surface area contributed by atoms with Gasteiger partial charge in [0.05, 0.1) is 0 Å². The molecule has 0 saturated heterocycles. The summed E-state index contributed by atoms with van der Waals surface area (Å²) in [6.07, 6.45) is 7.31. The molecule has 1 aromatic rings. The molecule has 0 aliphatic heterocycles. The Morgan fingerprint density at radius 2 is 2.42 bits per heavy atom. The van der Waals surface area contributed by atoms with Crippen molar-refractivity contribution in [1.82, 2.24) is 9.55 Å². The van der Waals surface area contributed by atoms with Crippen molar-refractivity contribution in [3.63, 3.8) is 0 Å². The van der Waals surface area contributed by atoms with E-state index in [1.807, 2.05) is 10.8 Å². The van der Waals surface area contributed by atoms with E-state index < -0.39 is 0 Å². The van der Waals surface area contributed by atoms with Crippen molar-refractivity contribution in [2.45, 2.75) is 12.8 Å². The van der Waals surface area contributed by atoms with Crippen molar-refractivity contribution in [1.29, 1.82) is 0 Å². The topological polar surface area (TPSA) is 43.8 Å². The Bertz CT molecular complexity index is 232. The van der Waals surface area contributed by atoms with Crippen LogP contribution < -0.4 is 5.73 Å². The lowest BCUT2D eigenvalue weighted by molar-refractivity contribution is 0.774. The highest BCUT2D eigenvalue weighted by Crippen LogP contribution is 2.00. The predicted octanol–water partition coefficient (Wildman–Crippen LogP) is 1.45. The van der Waals surface area contributed by atoms with E-state index in [1.54, 1.807) is 12.4 Å². The summed E-state index contributed by atoms with van der Waals surface area (Å²) < 4.78 is 1.91. The number of imidazole rings is 1. The minimum atomic E-state index is 0. The summed E-state index contributed by atoms with van der Waals surface area (Å²) in [6, 6.07) is 0. The molecule has 1 rings (SSSR count). The summed E-state index contributed by atoms with van der Waals surface area (Å²) in [6.45, 7) is 4.38. The number of rotatable bonds is 4. The van der Waals surface area contributed by atoms with Gasteiger partial charge in [-0.3, -0.25) is 0 Å². The third kappa shape index (κ3) is 2.79. The van der Waals surface area contributed by atoms with E-state index in [2.05, 4.69) is 11.6 Å². The van der Waals surface area contributed by atoms with Gasteiger partial charge >= 0.3 is 0 Å². The van der Waals surface area contributed by atoms with E-state index in [0.29, 0.717) is 6.54 Å². The summed E-state index contributed by atoms with van der Waals surface area (Å²) in [5.74, 6) is 1.03. The van der Waals surface area contributed by atoms with Crippen molar-refractivity contribution in [2.75, 3.05) is 6.54 Å². The molecule has 0 fully saturated rings. The summed E-state index contributed by atoms with van der Waals surface area (Å²) in [7, 11) is 0. The Labute approximate surface area is 83.1 Å². The first-order valence-electron chi connectivity index (χ1n) is 3.73. The second-order valence-electron chi connectivity index (χ2n) is 2.33. The number of hydrogen-bond acceptors (Lipinski definition) is 2. The molecule has 0 atom stereocenters. The van der Waals surface area contributed by atoms with E-state index >= 15 is 0 Å². The van der Waals surface area contributed by atoms with Gasteiger partial charge in [0.2, 0.25) is 0 Å². The van der Waals surface area contributed by atoms with Gasteiger partial charge < -0.3 is 10.3 Å². The minimum absolute atomic E-state index is 0. The Morgan fingerprint density at radius 1 is 1.67 bits per heavy atom. The van der Waals surface area contributed by atoms with Gasteiger partial charge in [0.15, 0.2) is 0 Å². The minimum Gasteiger partial charge on any atom is -0.330 e. The van der Waals surface area contributed by atoms with Gasteiger partial charge in [-0.2, -0.15) is 0 Å². The number of aromatic nitrogens is 2. The molecule has 12 heavy (non-hydrogen) atoms. The van der Waals surface area contributed by atoms with Crippen LogP contribution in [-0.2, 0) is 6.42 Å². The quantitative estimate of drug-likeness (QED) is 0.853. The number of aryl methyl sites for hydroxylation is 1. The molecule has 4 heteroatoms. The Morgan fingerprint density at radius 3 is 3.00 bits per heavy atom. The van der Waals surface area contributed by atoms with Gasteiger partial charge in [0.25, 0.3) is 0 Å². The van der Waals surface area contributed by atoms with E-state index in [-0.39, 0.29) is 17.0 Å². The first kappa shape index (κ1) is 11.4.